The fourth-order valence-corrected chi connectivity index (χ4v) is 2.06. The largest absolute Gasteiger partial charge is 0.480 e. The number of likely N-dealkylation sites (tertiary alicyclic amines) is 1. The van der Waals surface area contributed by atoms with E-state index >= 15 is 0 Å². The van der Waals surface area contributed by atoms with Gasteiger partial charge in [0.25, 0.3) is 0 Å². The van der Waals surface area contributed by atoms with Crippen molar-refractivity contribution in [3.05, 3.63) is 11.9 Å². The van der Waals surface area contributed by atoms with Crippen molar-refractivity contribution in [3.63, 3.8) is 0 Å². The van der Waals surface area contributed by atoms with Crippen LogP contribution in [0.4, 0.5) is 0 Å². The minimum Gasteiger partial charge on any atom is -0.480 e. The van der Waals surface area contributed by atoms with Crippen molar-refractivity contribution < 1.29 is 19.8 Å². The Bertz CT molecular complexity index is 488. The SMILES string of the molecule is NCc1cn(CC(=O)N2C[C@H](O)C[C@@H]2C(=O)O)nn1. The highest BCUT2D eigenvalue weighted by atomic mass is 16.4. The van der Waals surface area contributed by atoms with Crippen molar-refractivity contribution in [2.45, 2.75) is 31.7 Å². The third kappa shape index (κ3) is 2.88. The van der Waals surface area contributed by atoms with Crippen LogP contribution in [0.1, 0.15) is 12.1 Å². The molecule has 1 amide bonds. The number of aliphatic carboxylic acids is 1. The molecule has 0 unspecified atom stereocenters. The lowest BCUT2D eigenvalue weighted by Crippen LogP contribution is -2.42. The summed E-state index contributed by atoms with van der Waals surface area (Å²) in [6.45, 7) is 0.117. The van der Waals surface area contributed by atoms with Gasteiger partial charge >= 0.3 is 5.97 Å². The number of carbonyl (C=O) groups is 2. The molecule has 0 spiro atoms. The first kappa shape index (κ1) is 13.4. The summed E-state index contributed by atoms with van der Waals surface area (Å²) in [5.41, 5.74) is 5.92. The quantitative estimate of drug-likeness (QED) is 0.563. The van der Waals surface area contributed by atoms with Crippen molar-refractivity contribution in [3.8, 4) is 0 Å². The lowest BCUT2D eigenvalue weighted by Gasteiger charge is -2.20. The van der Waals surface area contributed by atoms with Crippen LogP contribution in [-0.2, 0) is 22.7 Å². The summed E-state index contributed by atoms with van der Waals surface area (Å²) in [6, 6.07) is -0.986. The Balaban J connectivity index is 2.04. The molecule has 1 aromatic heterocycles. The lowest BCUT2D eigenvalue weighted by molar-refractivity contribution is -0.148. The first-order chi connectivity index (χ1) is 9.01. The number of carboxylic acid groups (broad SMARTS) is 1. The van der Waals surface area contributed by atoms with Gasteiger partial charge in [0, 0.05) is 19.5 Å². The van der Waals surface area contributed by atoms with Crippen LogP contribution >= 0.6 is 0 Å². The third-order valence-electron chi connectivity index (χ3n) is 2.98. The summed E-state index contributed by atoms with van der Waals surface area (Å²) in [6.07, 6.45) is 0.771. The second kappa shape index (κ2) is 5.33. The summed E-state index contributed by atoms with van der Waals surface area (Å²) < 4.78 is 1.30. The smallest absolute Gasteiger partial charge is 0.326 e. The molecule has 0 radical (unpaired) electrons. The molecular formula is C10H15N5O4. The van der Waals surface area contributed by atoms with Gasteiger partial charge in [-0.2, -0.15) is 0 Å². The maximum Gasteiger partial charge on any atom is 0.326 e. The van der Waals surface area contributed by atoms with Gasteiger partial charge in [-0.05, 0) is 0 Å². The molecule has 2 heterocycles. The van der Waals surface area contributed by atoms with E-state index in [0.29, 0.717) is 5.69 Å². The number of amides is 1. The molecule has 0 bridgehead atoms. The predicted octanol–water partition coefficient (Wildman–Crippen LogP) is -2.22. The number of β-amino-alcohol motifs (C(OH)–C–C–N with tert-alkyl or cyclic N) is 1. The standard InChI is InChI=1S/C10H15N5O4/c11-2-6-3-14(13-12-6)5-9(17)15-4-7(16)1-8(15)10(18)19/h3,7-8,16H,1-2,4-5,11H2,(H,18,19)/t7-,8-/m1/s1. The van der Waals surface area contributed by atoms with Gasteiger partial charge in [-0.3, -0.25) is 4.79 Å². The molecule has 2 rings (SSSR count). The van der Waals surface area contributed by atoms with Gasteiger partial charge in [-0.1, -0.05) is 5.21 Å². The Morgan fingerprint density at radius 2 is 2.26 bits per heavy atom. The minimum absolute atomic E-state index is 0.0221. The monoisotopic (exact) mass is 269 g/mol. The summed E-state index contributed by atoms with van der Waals surface area (Å²) in [4.78, 5) is 24.2. The van der Waals surface area contributed by atoms with E-state index in [1.54, 1.807) is 0 Å². The van der Waals surface area contributed by atoms with Gasteiger partial charge in [0.05, 0.1) is 18.0 Å². The molecule has 9 nitrogen and oxygen atoms in total. The number of carboxylic acids is 1. The van der Waals surface area contributed by atoms with Crippen molar-refractivity contribution >= 4 is 11.9 Å². The van der Waals surface area contributed by atoms with Crippen LogP contribution in [0.2, 0.25) is 0 Å². The zero-order chi connectivity index (χ0) is 14.0. The number of hydrogen-bond acceptors (Lipinski definition) is 6. The Morgan fingerprint density at radius 1 is 1.53 bits per heavy atom. The number of carbonyl (C=O) groups excluding carboxylic acids is 1. The molecular weight excluding hydrogens is 254 g/mol. The zero-order valence-electron chi connectivity index (χ0n) is 10.1. The first-order valence-corrected chi connectivity index (χ1v) is 5.80. The van der Waals surface area contributed by atoms with E-state index in [-0.39, 0.29) is 26.1 Å². The molecule has 4 N–H and O–H groups in total. The van der Waals surface area contributed by atoms with E-state index in [1.807, 2.05) is 0 Å². The van der Waals surface area contributed by atoms with E-state index in [0.717, 1.165) is 4.90 Å². The van der Waals surface area contributed by atoms with Gasteiger partial charge in [0.2, 0.25) is 5.91 Å². The molecule has 19 heavy (non-hydrogen) atoms. The van der Waals surface area contributed by atoms with E-state index in [2.05, 4.69) is 10.3 Å². The van der Waals surface area contributed by atoms with Crippen LogP contribution in [0.15, 0.2) is 6.20 Å². The minimum atomic E-state index is -1.12. The number of hydrogen-bond donors (Lipinski definition) is 3. The van der Waals surface area contributed by atoms with E-state index in [9.17, 15) is 14.7 Å². The number of nitrogens with two attached hydrogens (primary N) is 1. The van der Waals surface area contributed by atoms with Crippen LogP contribution in [0, 0.1) is 0 Å². The lowest BCUT2D eigenvalue weighted by atomic mass is 10.2. The second-order valence-electron chi connectivity index (χ2n) is 4.40. The van der Waals surface area contributed by atoms with Crippen molar-refractivity contribution in [1.29, 1.82) is 0 Å². The first-order valence-electron chi connectivity index (χ1n) is 5.80. The van der Waals surface area contributed by atoms with Crippen LogP contribution in [0.3, 0.4) is 0 Å². The van der Waals surface area contributed by atoms with Crippen molar-refractivity contribution in [2.24, 2.45) is 5.73 Å². The maximum atomic E-state index is 12.0. The highest BCUT2D eigenvalue weighted by Crippen LogP contribution is 2.18. The van der Waals surface area contributed by atoms with E-state index < -0.39 is 24.0 Å². The Hall–Kier alpha value is -2.00. The number of aliphatic hydroxyl groups excluding tert-OH is 1. The van der Waals surface area contributed by atoms with Crippen LogP contribution in [-0.4, -0.2) is 60.7 Å². The Labute approximate surface area is 108 Å². The molecule has 2 atom stereocenters. The average molecular weight is 269 g/mol. The van der Waals surface area contributed by atoms with Gasteiger partial charge in [0.15, 0.2) is 0 Å². The van der Waals surface area contributed by atoms with Crippen LogP contribution in [0.25, 0.3) is 0 Å². The summed E-state index contributed by atoms with van der Waals surface area (Å²) in [5, 5.41) is 25.9. The molecule has 1 aliphatic rings. The van der Waals surface area contributed by atoms with Gasteiger partial charge in [-0.25, -0.2) is 9.48 Å². The van der Waals surface area contributed by atoms with Crippen molar-refractivity contribution in [1.82, 2.24) is 19.9 Å². The van der Waals surface area contributed by atoms with Gasteiger partial charge < -0.3 is 20.8 Å². The number of aromatic nitrogens is 3. The molecule has 1 fully saturated rings. The molecule has 1 saturated heterocycles. The number of aliphatic hydroxyl groups is 1. The van der Waals surface area contributed by atoms with E-state index in [1.165, 1.54) is 10.9 Å². The zero-order valence-corrected chi connectivity index (χ0v) is 10.1. The van der Waals surface area contributed by atoms with Crippen LogP contribution in [0.5, 0.6) is 0 Å². The summed E-state index contributed by atoms with van der Waals surface area (Å²) >= 11 is 0. The fourth-order valence-electron chi connectivity index (χ4n) is 2.06. The van der Waals surface area contributed by atoms with Crippen LogP contribution < -0.4 is 5.73 Å². The Kier molecular flexibility index (Phi) is 3.76. The second-order valence-corrected chi connectivity index (χ2v) is 4.40. The highest BCUT2D eigenvalue weighted by Gasteiger charge is 2.38. The molecule has 1 aliphatic heterocycles. The fraction of sp³-hybridized carbons (Fsp3) is 0.600. The van der Waals surface area contributed by atoms with Gasteiger partial charge in [0.1, 0.15) is 12.6 Å². The third-order valence-corrected chi connectivity index (χ3v) is 2.98. The van der Waals surface area contributed by atoms with E-state index in [4.69, 9.17) is 10.8 Å². The maximum absolute atomic E-state index is 12.0. The van der Waals surface area contributed by atoms with Crippen molar-refractivity contribution in [2.75, 3.05) is 6.54 Å². The molecule has 0 saturated carbocycles. The molecule has 104 valence electrons. The Morgan fingerprint density at radius 3 is 2.84 bits per heavy atom. The summed E-state index contributed by atoms with van der Waals surface area (Å²) in [7, 11) is 0. The molecule has 9 heteroatoms. The van der Waals surface area contributed by atoms with Gasteiger partial charge in [-0.15, -0.1) is 5.10 Å². The predicted molar refractivity (Wildman–Crippen MR) is 61.7 cm³/mol. The summed E-state index contributed by atoms with van der Waals surface area (Å²) in [5.74, 6) is -1.54. The number of nitrogens with zero attached hydrogens (tertiary/aromatic N) is 4. The average Bonchev–Trinajstić information content (AvgIpc) is 2.95. The topological polar surface area (TPSA) is 135 Å². The molecule has 1 aromatic rings. The number of rotatable bonds is 4. The molecule has 0 aromatic carbocycles. The normalized spacial score (nSPS) is 22.7. The molecule has 0 aliphatic carbocycles. The highest BCUT2D eigenvalue weighted by molar-refractivity contribution is 5.84.